The SMILES string of the molecule is O=S(=O)(NCc1ccccc1Cl)c1cc(O)cc([As])c1. The molecule has 104 valence electrons. The number of rotatable bonds is 4. The summed E-state index contributed by atoms with van der Waals surface area (Å²) >= 11 is 8.16. The number of hydrogen-bond donors (Lipinski definition) is 2. The Labute approximate surface area is 131 Å². The summed E-state index contributed by atoms with van der Waals surface area (Å²) in [7, 11) is -3.70. The normalized spacial score (nSPS) is 11.5. The molecular formula is C13H11AsClNO3S. The summed E-state index contributed by atoms with van der Waals surface area (Å²) in [6, 6.07) is 11.1. The Bertz CT molecular complexity index is 714. The molecule has 0 saturated heterocycles. The summed E-state index contributed by atoms with van der Waals surface area (Å²) in [5, 5.41) is 9.96. The zero-order chi connectivity index (χ0) is 14.8. The molecule has 0 aliphatic heterocycles. The monoisotopic (exact) mass is 371 g/mol. The van der Waals surface area contributed by atoms with Crippen LogP contribution in [0.2, 0.25) is 5.02 Å². The molecule has 0 spiro atoms. The van der Waals surface area contributed by atoms with E-state index in [4.69, 9.17) is 11.6 Å². The molecule has 0 saturated carbocycles. The molecule has 2 N–H and O–H groups in total. The van der Waals surface area contributed by atoms with Crippen molar-refractivity contribution in [3.63, 3.8) is 0 Å². The van der Waals surface area contributed by atoms with Crippen molar-refractivity contribution in [3.05, 3.63) is 53.1 Å². The van der Waals surface area contributed by atoms with Gasteiger partial charge < -0.3 is 0 Å². The Morgan fingerprint density at radius 3 is 2.55 bits per heavy atom. The van der Waals surface area contributed by atoms with Gasteiger partial charge in [0.2, 0.25) is 0 Å². The Balaban J connectivity index is 2.22. The van der Waals surface area contributed by atoms with Crippen LogP contribution in [0.4, 0.5) is 0 Å². The third kappa shape index (κ3) is 3.76. The van der Waals surface area contributed by atoms with E-state index in [0.717, 1.165) is 0 Å². The van der Waals surface area contributed by atoms with Crippen molar-refractivity contribution in [1.82, 2.24) is 4.72 Å². The molecule has 0 heterocycles. The fourth-order valence-corrected chi connectivity index (χ4v) is 3.65. The van der Waals surface area contributed by atoms with E-state index in [-0.39, 0.29) is 17.2 Å². The van der Waals surface area contributed by atoms with Crippen molar-refractivity contribution >= 4 is 42.8 Å². The van der Waals surface area contributed by atoms with Crippen LogP contribution in [0, 0.1) is 0 Å². The summed E-state index contributed by atoms with van der Waals surface area (Å²) in [5.74, 6) is -0.0961. The number of phenolic OH excluding ortho intramolecular Hbond substituents is 1. The molecule has 0 bridgehead atoms. The Hall–Kier alpha value is -1.00. The average Bonchev–Trinajstić information content (AvgIpc) is 2.37. The topological polar surface area (TPSA) is 66.4 Å². The quantitative estimate of drug-likeness (QED) is 0.797. The summed E-state index contributed by atoms with van der Waals surface area (Å²) in [6.07, 6.45) is 0. The maximum absolute atomic E-state index is 12.1. The molecule has 2 aromatic rings. The molecule has 0 aromatic heterocycles. The van der Waals surface area contributed by atoms with Crippen LogP contribution in [0.15, 0.2) is 47.4 Å². The predicted octanol–water partition coefficient (Wildman–Crippen LogP) is 1.32. The van der Waals surface area contributed by atoms with Crippen LogP contribution in [0.25, 0.3) is 0 Å². The van der Waals surface area contributed by atoms with Gasteiger partial charge in [-0.25, -0.2) is 0 Å². The summed E-state index contributed by atoms with van der Waals surface area (Å²) in [6.45, 7) is 0.0889. The fraction of sp³-hybridized carbons (Fsp3) is 0.0769. The molecule has 2 aromatic carbocycles. The first-order chi connectivity index (χ1) is 9.38. The first-order valence-corrected chi connectivity index (χ1v) is 8.44. The number of phenols is 1. The third-order valence-corrected chi connectivity index (χ3v) is 4.89. The molecule has 4 nitrogen and oxygen atoms in total. The Morgan fingerprint density at radius 2 is 1.90 bits per heavy atom. The van der Waals surface area contributed by atoms with Crippen LogP contribution in [-0.2, 0) is 16.6 Å². The van der Waals surface area contributed by atoms with Gasteiger partial charge in [0.25, 0.3) is 0 Å². The van der Waals surface area contributed by atoms with E-state index < -0.39 is 10.0 Å². The Morgan fingerprint density at radius 1 is 1.20 bits per heavy atom. The fourth-order valence-electron chi connectivity index (χ4n) is 1.62. The van der Waals surface area contributed by atoms with Gasteiger partial charge in [0.05, 0.1) is 0 Å². The van der Waals surface area contributed by atoms with E-state index in [9.17, 15) is 13.5 Å². The molecule has 2 rings (SSSR count). The summed E-state index contributed by atoms with van der Waals surface area (Å²) in [4.78, 5) is 0.0141. The minimum absolute atomic E-state index is 0.0141. The average molecular weight is 372 g/mol. The number of nitrogens with one attached hydrogen (secondary N) is 1. The van der Waals surface area contributed by atoms with E-state index >= 15 is 0 Å². The van der Waals surface area contributed by atoms with Crippen LogP contribution < -0.4 is 9.07 Å². The van der Waals surface area contributed by atoms with Crippen LogP contribution in [-0.4, -0.2) is 30.4 Å². The summed E-state index contributed by atoms with van der Waals surface area (Å²) < 4.78 is 27.4. The van der Waals surface area contributed by atoms with Crippen molar-refractivity contribution in [3.8, 4) is 5.75 Å². The number of halogens is 1. The molecule has 0 aliphatic carbocycles. The van der Waals surface area contributed by atoms with E-state index in [2.05, 4.69) is 21.6 Å². The zero-order valence-electron chi connectivity index (χ0n) is 10.2. The number of aromatic hydroxyl groups is 1. The first kappa shape index (κ1) is 15.4. The van der Waals surface area contributed by atoms with E-state index in [1.54, 1.807) is 24.3 Å². The van der Waals surface area contributed by atoms with Gasteiger partial charge in [0, 0.05) is 0 Å². The van der Waals surface area contributed by atoms with Crippen LogP contribution in [0.5, 0.6) is 5.75 Å². The van der Waals surface area contributed by atoms with Crippen LogP contribution in [0.3, 0.4) is 0 Å². The van der Waals surface area contributed by atoms with Gasteiger partial charge >= 0.3 is 131 Å². The molecule has 20 heavy (non-hydrogen) atoms. The van der Waals surface area contributed by atoms with Gasteiger partial charge in [-0.3, -0.25) is 0 Å². The predicted molar refractivity (Wildman–Crippen MR) is 79.0 cm³/mol. The Kier molecular flexibility index (Phi) is 4.76. The van der Waals surface area contributed by atoms with Crippen molar-refractivity contribution in [1.29, 1.82) is 0 Å². The van der Waals surface area contributed by atoms with Crippen LogP contribution >= 0.6 is 11.6 Å². The molecule has 0 aliphatic rings. The standard InChI is InChI=1S/C13H11AsClNO3S/c14-10-5-11(17)7-12(6-10)20(18,19)16-8-9-3-1-2-4-13(9)15/h1-7,16-17H,8H2. The van der Waals surface area contributed by atoms with Gasteiger partial charge in [-0.1, -0.05) is 0 Å². The number of sulfonamides is 1. The molecule has 0 fully saturated rings. The van der Waals surface area contributed by atoms with Gasteiger partial charge in [0.1, 0.15) is 0 Å². The van der Waals surface area contributed by atoms with Gasteiger partial charge in [-0.15, -0.1) is 0 Å². The summed E-state index contributed by atoms with van der Waals surface area (Å²) in [5.41, 5.74) is 0.686. The molecule has 0 unspecified atom stereocenters. The van der Waals surface area contributed by atoms with Gasteiger partial charge in [0.15, 0.2) is 0 Å². The van der Waals surface area contributed by atoms with Crippen LogP contribution in [0.1, 0.15) is 5.56 Å². The molecular weight excluding hydrogens is 361 g/mol. The van der Waals surface area contributed by atoms with Crippen molar-refractivity contribution in [2.45, 2.75) is 11.4 Å². The second kappa shape index (κ2) is 6.18. The molecule has 0 amide bonds. The van der Waals surface area contributed by atoms with Crippen molar-refractivity contribution in [2.75, 3.05) is 0 Å². The second-order valence-corrected chi connectivity index (χ2v) is 7.36. The third-order valence-electron chi connectivity index (χ3n) is 2.60. The van der Waals surface area contributed by atoms with Gasteiger partial charge in [-0.2, -0.15) is 0 Å². The molecule has 7 heteroatoms. The van der Waals surface area contributed by atoms with E-state index in [1.165, 1.54) is 18.2 Å². The molecule has 0 atom stereocenters. The second-order valence-electron chi connectivity index (χ2n) is 4.10. The van der Waals surface area contributed by atoms with Gasteiger partial charge in [-0.05, 0) is 0 Å². The molecule has 2 radical (unpaired) electrons. The first-order valence-electron chi connectivity index (χ1n) is 5.64. The van der Waals surface area contributed by atoms with E-state index in [1.807, 2.05) is 0 Å². The van der Waals surface area contributed by atoms with Crippen molar-refractivity contribution < 1.29 is 13.5 Å². The minimum atomic E-state index is -3.70. The van der Waals surface area contributed by atoms with E-state index in [0.29, 0.717) is 14.9 Å². The number of hydrogen-bond acceptors (Lipinski definition) is 3. The number of benzene rings is 2. The van der Waals surface area contributed by atoms with Crippen molar-refractivity contribution in [2.24, 2.45) is 0 Å². The maximum atomic E-state index is 12.1. The zero-order valence-corrected chi connectivity index (χ0v) is 13.7.